The van der Waals surface area contributed by atoms with Gasteiger partial charge in [0.2, 0.25) is 0 Å². The van der Waals surface area contributed by atoms with Crippen LogP contribution < -0.4 is 10.6 Å². The van der Waals surface area contributed by atoms with Gasteiger partial charge in [0.25, 0.3) is 11.8 Å². The van der Waals surface area contributed by atoms with Gasteiger partial charge < -0.3 is 24.9 Å². The Morgan fingerprint density at radius 3 is 2.62 bits per heavy atom. The first kappa shape index (κ1) is 17.7. The van der Waals surface area contributed by atoms with Crippen molar-refractivity contribution in [3.8, 4) is 0 Å². The van der Waals surface area contributed by atoms with E-state index in [-0.39, 0.29) is 31.0 Å². The summed E-state index contributed by atoms with van der Waals surface area (Å²) in [6.07, 6.45) is 1.59. The van der Waals surface area contributed by atoms with E-state index in [9.17, 15) is 19.5 Å². The number of nitrogens with one attached hydrogen (secondary N) is 2. The molecule has 0 bridgehead atoms. The summed E-state index contributed by atoms with van der Waals surface area (Å²) in [5.41, 5.74) is -0.0120. The molecule has 1 fully saturated rings. The zero-order valence-electron chi connectivity index (χ0n) is 14.1. The second kappa shape index (κ2) is 7.01. The van der Waals surface area contributed by atoms with Gasteiger partial charge in [-0.25, -0.2) is 4.79 Å². The molecule has 0 aliphatic carbocycles. The molecule has 1 aliphatic heterocycles. The molecule has 2 heterocycles. The number of amides is 2. The number of carboxylic acids is 1. The second-order valence-electron chi connectivity index (χ2n) is 6.11. The molecule has 136 valence electrons. The van der Waals surface area contributed by atoms with Crippen molar-refractivity contribution in [3.63, 3.8) is 0 Å². The third-order valence-corrected chi connectivity index (χ3v) is 4.28. The van der Waals surface area contributed by atoms with Crippen molar-refractivity contribution in [1.82, 2.24) is 5.32 Å². The molecule has 0 saturated carbocycles. The van der Waals surface area contributed by atoms with Gasteiger partial charge in [-0.1, -0.05) is 6.07 Å². The van der Waals surface area contributed by atoms with Gasteiger partial charge in [-0.15, -0.1) is 0 Å². The number of carboxylic acid groups (broad SMARTS) is 1. The summed E-state index contributed by atoms with van der Waals surface area (Å²) < 4.78 is 10.2. The topological polar surface area (TPSA) is 118 Å². The number of aliphatic carboxylic acids is 1. The lowest BCUT2D eigenvalue weighted by molar-refractivity contribution is -0.144. The molecule has 2 amide bonds. The molecule has 3 rings (SSSR count). The number of aryl methyl sites for hydroxylation is 1. The van der Waals surface area contributed by atoms with Crippen molar-refractivity contribution < 1.29 is 28.6 Å². The lowest BCUT2D eigenvalue weighted by Crippen LogP contribution is -2.55. The molecule has 8 heteroatoms. The number of carbonyl (C=O) groups is 3. The zero-order valence-corrected chi connectivity index (χ0v) is 14.1. The fourth-order valence-corrected chi connectivity index (χ4v) is 2.66. The Morgan fingerprint density at radius 2 is 2.00 bits per heavy atom. The first-order chi connectivity index (χ1) is 12.4. The van der Waals surface area contributed by atoms with Crippen LogP contribution >= 0.6 is 0 Å². The minimum atomic E-state index is -1.43. The molecule has 1 aliphatic rings. The molecule has 0 spiro atoms. The molecule has 8 nitrogen and oxygen atoms in total. The molecule has 1 atom stereocenters. The summed E-state index contributed by atoms with van der Waals surface area (Å²) >= 11 is 0. The standard InChI is InChI=1S/C18H18N2O6/c1-11-4-5-12(9-13(11)19-16(22)14-3-2-7-26-14)15(21)20-18(17(23)24)6-8-25-10-18/h2-5,7,9H,6,8,10H2,1H3,(H,19,22)(H,20,21)(H,23,24). The zero-order chi connectivity index (χ0) is 18.7. The number of ether oxygens (including phenoxy) is 1. The molecule has 2 aromatic rings. The van der Waals surface area contributed by atoms with Gasteiger partial charge in [-0.2, -0.15) is 0 Å². The van der Waals surface area contributed by atoms with Crippen LogP contribution in [0.25, 0.3) is 0 Å². The van der Waals surface area contributed by atoms with Gasteiger partial charge in [-0.3, -0.25) is 9.59 Å². The summed E-state index contributed by atoms with van der Waals surface area (Å²) in [6.45, 7) is 1.97. The molecule has 1 unspecified atom stereocenters. The highest BCUT2D eigenvalue weighted by Crippen LogP contribution is 2.22. The van der Waals surface area contributed by atoms with Crippen molar-refractivity contribution in [3.05, 3.63) is 53.5 Å². The Kier molecular flexibility index (Phi) is 4.77. The highest BCUT2D eigenvalue weighted by molar-refractivity contribution is 6.04. The predicted molar refractivity (Wildman–Crippen MR) is 91.1 cm³/mol. The van der Waals surface area contributed by atoms with Crippen molar-refractivity contribution in [2.75, 3.05) is 18.5 Å². The summed E-state index contributed by atoms with van der Waals surface area (Å²) in [7, 11) is 0. The first-order valence-electron chi connectivity index (χ1n) is 8.00. The highest BCUT2D eigenvalue weighted by Gasteiger charge is 2.44. The van der Waals surface area contributed by atoms with Crippen molar-refractivity contribution in [2.24, 2.45) is 0 Å². The number of anilines is 1. The largest absolute Gasteiger partial charge is 0.479 e. The Hall–Kier alpha value is -3.13. The van der Waals surface area contributed by atoms with E-state index in [2.05, 4.69) is 10.6 Å². The van der Waals surface area contributed by atoms with E-state index in [4.69, 9.17) is 9.15 Å². The van der Waals surface area contributed by atoms with Gasteiger partial charge >= 0.3 is 5.97 Å². The van der Waals surface area contributed by atoms with Crippen LogP contribution in [0.1, 0.15) is 32.9 Å². The van der Waals surface area contributed by atoms with Crippen molar-refractivity contribution in [2.45, 2.75) is 18.9 Å². The Labute approximate surface area is 149 Å². The van der Waals surface area contributed by atoms with Crippen LogP contribution in [0, 0.1) is 6.92 Å². The number of hydrogen-bond donors (Lipinski definition) is 3. The van der Waals surface area contributed by atoms with Crippen LogP contribution in [0.3, 0.4) is 0 Å². The van der Waals surface area contributed by atoms with E-state index in [0.717, 1.165) is 5.56 Å². The maximum absolute atomic E-state index is 12.5. The Bertz CT molecular complexity index is 837. The van der Waals surface area contributed by atoms with Gasteiger partial charge in [0.05, 0.1) is 12.9 Å². The quantitative estimate of drug-likeness (QED) is 0.750. The number of benzene rings is 1. The lowest BCUT2D eigenvalue weighted by atomic mass is 9.98. The van der Waals surface area contributed by atoms with Gasteiger partial charge in [0.15, 0.2) is 11.3 Å². The van der Waals surface area contributed by atoms with Crippen molar-refractivity contribution in [1.29, 1.82) is 0 Å². The molecule has 1 aromatic carbocycles. The normalized spacial score (nSPS) is 19.1. The minimum Gasteiger partial charge on any atom is -0.479 e. The fraction of sp³-hybridized carbons (Fsp3) is 0.278. The Balaban J connectivity index is 1.79. The van der Waals surface area contributed by atoms with E-state index < -0.39 is 23.3 Å². The summed E-state index contributed by atoms with van der Waals surface area (Å²) in [5, 5.41) is 14.6. The molecule has 3 N–H and O–H groups in total. The highest BCUT2D eigenvalue weighted by atomic mass is 16.5. The second-order valence-corrected chi connectivity index (χ2v) is 6.11. The molecule has 26 heavy (non-hydrogen) atoms. The van der Waals surface area contributed by atoms with Crippen LogP contribution in [-0.4, -0.2) is 41.6 Å². The van der Waals surface area contributed by atoms with Gasteiger partial charge in [0, 0.05) is 24.3 Å². The number of hydrogen-bond acceptors (Lipinski definition) is 5. The van der Waals surface area contributed by atoms with Crippen LogP contribution in [0.2, 0.25) is 0 Å². The Morgan fingerprint density at radius 1 is 1.19 bits per heavy atom. The van der Waals surface area contributed by atoms with Crippen LogP contribution in [0.15, 0.2) is 41.0 Å². The van der Waals surface area contributed by atoms with E-state index in [1.807, 2.05) is 0 Å². The van der Waals surface area contributed by atoms with E-state index in [0.29, 0.717) is 5.69 Å². The van der Waals surface area contributed by atoms with E-state index in [1.54, 1.807) is 25.1 Å². The van der Waals surface area contributed by atoms with Crippen molar-refractivity contribution >= 4 is 23.5 Å². The minimum absolute atomic E-state index is 0.0813. The molecule has 1 aromatic heterocycles. The number of rotatable bonds is 5. The third-order valence-electron chi connectivity index (χ3n) is 4.28. The number of furan rings is 1. The molecule has 1 saturated heterocycles. The number of carbonyl (C=O) groups excluding carboxylic acids is 2. The maximum Gasteiger partial charge on any atom is 0.331 e. The third kappa shape index (κ3) is 3.45. The monoisotopic (exact) mass is 358 g/mol. The van der Waals surface area contributed by atoms with E-state index >= 15 is 0 Å². The molecular weight excluding hydrogens is 340 g/mol. The first-order valence-corrected chi connectivity index (χ1v) is 8.00. The van der Waals surface area contributed by atoms with E-state index in [1.165, 1.54) is 18.4 Å². The summed E-state index contributed by atoms with van der Waals surface area (Å²) in [5.74, 6) is -1.98. The summed E-state index contributed by atoms with van der Waals surface area (Å²) in [6, 6.07) is 7.86. The average Bonchev–Trinajstić information content (AvgIpc) is 3.29. The smallest absolute Gasteiger partial charge is 0.331 e. The molecule has 0 radical (unpaired) electrons. The lowest BCUT2D eigenvalue weighted by Gasteiger charge is -2.23. The SMILES string of the molecule is Cc1ccc(C(=O)NC2(C(=O)O)CCOC2)cc1NC(=O)c1ccco1. The van der Waals surface area contributed by atoms with Crippen LogP contribution in [-0.2, 0) is 9.53 Å². The average molecular weight is 358 g/mol. The molecular formula is C18H18N2O6. The maximum atomic E-state index is 12.5. The van der Waals surface area contributed by atoms with Gasteiger partial charge in [-0.05, 0) is 36.8 Å². The van der Waals surface area contributed by atoms with Gasteiger partial charge in [0.1, 0.15) is 0 Å². The predicted octanol–water partition coefficient (Wildman–Crippen LogP) is 1.81. The fourth-order valence-electron chi connectivity index (χ4n) is 2.66. The van der Waals surface area contributed by atoms with Crippen LogP contribution in [0.5, 0.6) is 0 Å². The summed E-state index contributed by atoms with van der Waals surface area (Å²) in [4.78, 5) is 36.2. The van der Waals surface area contributed by atoms with Crippen LogP contribution in [0.4, 0.5) is 5.69 Å².